The first kappa shape index (κ1) is 12.4. The average molecular weight is 259 g/mol. The van der Waals surface area contributed by atoms with Crippen LogP contribution in [0.4, 0.5) is 0 Å². The summed E-state index contributed by atoms with van der Waals surface area (Å²) in [5.74, 6) is 0.522. The van der Waals surface area contributed by atoms with Gasteiger partial charge in [0, 0.05) is 18.8 Å². The molecular formula is C14H11ClN2O. The third-order valence-corrected chi connectivity index (χ3v) is 2.77. The molecule has 1 aromatic carbocycles. The van der Waals surface area contributed by atoms with E-state index in [1.807, 2.05) is 18.2 Å². The normalized spacial score (nSPS) is 9.78. The molecule has 0 fully saturated rings. The standard InChI is InChI=1S/C14H11ClN2O/c15-13-4-1-5-14(12(13)9-16)18-8-6-11-3-2-7-17-10-11/h1-5,7,10H,6,8H2. The molecule has 1 heterocycles. The Bertz CT molecular complexity index is 564. The van der Waals surface area contributed by atoms with E-state index in [1.54, 1.807) is 30.6 Å². The summed E-state index contributed by atoms with van der Waals surface area (Å²) in [7, 11) is 0. The maximum Gasteiger partial charge on any atom is 0.138 e. The van der Waals surface area contributed by atoms with Crippen molar-refractivity contribution in [1.29, 1.82) is 5.26 Å². The first-order valence-electron chi connectivity index (χ1n) is 5.51. The van der Waals surface area contributed by atoms with Gasteiger partial charge in [-0.25, -0.2) is 0 Å². The second-order valence-corrected chi connectivity index (χ2v) is 4.09. The third kappa shape index (κ3) is 2.99. The van der Waals surface area contributed by atoms with Crippen molar-refractivity contribution in [3.63, 3.8) is 0 Å². The molecule has 0 radical (unpaired) electrons. The number of benzene rings is 1. The van der Waals surface area contributed by atoms with Crippen molar-refractivity contribution >= 4 is 11.6 Å². The van der Waals surface area contributed by atoms with Gasteiger partial charge in [-0.2, -0.15) is 5.26 Å². The molecule has 0 aliphatic carbocycles. The molecule has 0 N–H and O–H groups in total. The second kappa shape index (κ2) is 6.04. The number of rotatable bonds is 4. The predicted molar refractivity (Wildman–Crippen MR) is 69.6 cm³/mol. The highest BCUT2D eigenvalue weighted by Crippen LogP contribution is 2.25. The number of hydrogen-bond acceptors (Lipinski definition) is 3. The van der Waals surface area contributed by atoms with Gasteiger partial charge in [0.2, 0.25) is 0 Å². The fourth-order valence-electron chi connectivity index (χ4n) is 1.56. The molecule has 1 aromatic heterocycles. The van der Waals surface area contributed by atoms with Crippen molar-refractivity contribution in [3.05, 3.63) is 58.9 Å². The second-order valence-electron chi connectivity index (χ2n) is 3.68. The number of pyridine rings is 1. The molecular weight excluding hydrogens is 248 g/mol. The van der Waals surface area contributed by atoms with Gasteiger partial charge >= 0.3 is 0 Å². The zero-order chi connectivity index (χ0) is 12.8. The summed E-state index contributed by atoms with van der Waals surface area (Å²) in [6.07, 6.45) is 4.27. The van der Waals surface area contributed by atoms with Gasteiger partial charge in [0.15, 0.2) is 0 Å². The van der Waals surface area contributed by atoms with Crippen LogP contribution in [-0.2, 0) is 6.42 Å². The summed E-state index contributed by atoms with van der Waals surface area (Å²) in [6, 6.07) is 11.1. The van der Waals surface area contributed by atoms with Crippen molar-refractivity contribution in [1.82, 2.24) is 4.98 Å². The van der Waals surface area contributed by atoms with Gasteiger partial charge in [-0.1, -0.05) is 23.7 Å². The molecule has 0 amide bonds. The van der Waals surface area contributed by atoms with Crippen LogP contribution >= 0.6 is 11.6 Å². The number of nitrogens with zero attached hydrogens (tertiary/aromatic N) is 2. The molecule has 4 heteroatoms. The smallest absolute Gasteiger partial charge is 0.138 e. The zero-order valence-electron chi connectivity index (χ0n) is 9.64. The minimum atomic E-state index is 0.380. The van der Waals surface area contributed by atoms with Crippen molar-refractivity contribution < 1.29 is 4.74 Å². The fourth-order valence-corrected chi connectivity index (χ4v) is 1.77. The monoisotopic (exact) mass is 258 g/mol. The van der Waals surface area contributed by atoms with E-state index in [2.05, 4.69) is 4.98 Å². The van der Waals surface area contributed by atoms with Gasteiger partial charge in [0.1, 0.15) is 17.4 Å². The first-order chi connectivity index (χ1) is 8.81. The van der Waals surface area contributed by atoms with Crippen LogP contribution in [0.1, 0.15) is 11.1 Å². The fraction of sp³-hybridized carbons (Fsp3) is 0.143. The SMILES string of the molecule is N#Cc1c(Cl)cccc1OCCc1cccnc1. The third-order valence-electron chi connectivity index (χ3n) is 2.46. The van der Waals surface area contributed by atoms with Crippen molar-refractivity contribution in [3.8, 4) is 11.8 Å². The van der Waals surface area contributed by atoms with Gasteiger partial charge in [-0.05, 0) is 23.8 Å². The van der Waals surface area contributed by atoms with Crippen LogP contribution in [0.2, 0.25) is 5.02 Å². The summed E-state index contributed by atoms with van der Waals surface area (Å²) >= 11 is 5.91. The number of nitriles is 1. The summed E-state index contributed by atoms with van der Waals surface area (Å²) in [6.45, 7) is 0.487. The average Bonchev–Trinajstić information content (AvgIpc) is 2.40. The number of hydrogen-bond donors (Lipinski definition) is 0. The lowest BCUT2D eigenvalue weighted by Gasteiger charge is -2.08. The number of halogens is 1. The van der Waals surface area contributed by atoms with Gasteiger partial charge < -0.3 is 4.74 Å². The van der Waals surface area contributed by atoms with Gasteiger partial charge in [-0.3, -0.25) is 4.98 Å². The molecule has 0 saturated heterocycles. The summed E-state index contributed by atoms with van der Waals surface area (Å²) in [5, 5.41) is 9.40. The number of aromatic nitrogens is 1. The Morgan fingerprint density at radius 2 is 2.17 bits per heavy atom. The highest BCUT2D eigenvalue weighted by Gasteiger charge is 2.07. The Hall–Kier alpha value is -2.05. The lowest BCUT2D eigenvalue weighted by molar-refractivity contribution is 0.321. The molecule has 2 rings (SSSR count). The molecule has 3 nitrogen and oxygen atoms in total. The van der Waals surface area contributed by atoms with E-state index in [0.29, 0.717) is 22.9 Å². The maximum atomic E-state index is 8.99. The molecule has 0 aliphatic heterocycles. The molecule has 0 spiro atoms. The highest BCUT2D eigenvalue weighted by molar-refractivity contribution is 6.31. The van der Waals surface area contributed by atoms with Crippen LogP contribution in [0, 0.1) is 11.3 Å². The summed E-state index contributed by atoms with van der Waals surface area (Å²) in [5.41, 5.74) is 1.48. The Kier molecular flexibility index (Phi) is 4.16. The quantitative estimate of drug-likeness (QED) is 0.846. The first-order valence-corrected chi connectivity index (χ1v) is 5.89. The van der Waals surface area contributed by atoms with Crippen LogP contribution in [0.15, 0.2) is 42.7 Å². The molecule has 90 valence electrons. The Balaban J connectivity index is 1.99. The molecule has 2 aromatic rings. The van der Waals surface area contributed by atoms with E-state index in [1.165, 1.54) is 0 Å². The van der Waals surface area contributed by atoms with E-state index in [4.69, 9.17) is 21.6 Å². The van der Waals surface area contributed by atoms with Crippen molar-refractivity contribution in [2.24, 2.45) is 0 Å². The topological polar surface area (TPSA) is 45.9 Å². The number of ether oxygens (including phenoxy) is 1. The largest absolute Gasteiger partial charge is 0.492 e. The Labute approximate surface area is 111 Å². The van der Waals surface area contributed by atoms with E-state index < -0.39 is 0 Å². The zero-order valence-corrected chi connectivity index (χ0v) is 10.4. The molecule has 0 saturated carbocycles. The minimum Gasteiger partial charge on any atom is -0.492 e. The lowest BCUT2D eigenvalue weighted by Crippen LogP contribution is -2.03. The van der Waals surface area contributed by atoms with Crippen LogP contribution in [0.5, 0.6) is 5.75 Å². The predicted octanol–water partition coefficient (Wildman–Crippen LogP) is 3.23. The van der Waals surface area contributed by atoms with Crippen LogP contribution in [-0.4, -0.2) is 11.6 Å². The van der Waals surface area contributed by atoms with Crippen LogP contribution in [0.3, 0.4) is 0 Å². The molecule has 0 aliphatic rings. The Morgan fingerprint density at radius 3 is 2.89 bits per heavy atom. The van der Waals surface area contributed by atoms with Gasteiger partial charge in [0.05, 0.1) is 11.6 Å². The van der Waals surface area contributed by atoms with Crippen molar-refractivity contribution in [2.45, 2.75) is 6.42 Å². The van der Waals surface area contributed by atoms with E-state index in [9.17, 15) is 0 Å². The molecule has 0 atom stereocenters. The molecule has 18 heavy (non-hydrogen) atoms. The van der Waals surface area contributed by atoms with Crippen LogP contribution < -0.4 is 4.74 Å². The van der Waals surface area contributed by atoms with E-state index in [0.717, 1.165) is 12.0 Å². The lowest BCUT2D eigenvalue weighted by atomic mass is 10.2. The minimum absolute atomic E-state index is 0.380. The molecule has 0 bridgehead atoms. The summed E-state index contributed by atoms with van der Waals surface area (Å²) in [4.78, 5) is 4.03. The van der Waals surface area contributed by atoms with Gasteiger partial charge in [0.25, 0.3) is 0 Å². The van der Waals surface area contributed by atoms with E-state index in [-0.39, 0.29) is 0 Å². The van der Waals surface area contributed by atoms with Gasteiger partial charge in [-0.15, -0.1) is 0 Å². The molecule has 0 unspecified atom stereocenters. The Morgan fingerprint density at radius 1 is 1.28 bits per heavy atom. The van der Waals surface area contributed by atoms with Crippen LogP contribution in [0.25, 0.3) is 0 Å². The maximum absolute atomic E-state index is 8.99. The summed E-state index contributed by atoms with van der Waals surface area (Å²) < 4.78 is 5.58. The van der Waals surface area contributed by atoms with E-state index >= 15 is 0 Å². The van der Waals surface area contributed by atoms with Crippen molar-refractivity contribution in [2.75, 3.05) is 6.61 Å². The highest BCUT2D eigenvalue weighted by atomic mass is 35.5.